The van der Waals surface area contributed by atoms with Crippen molar-refractivity contribution in [2.75, 3.05) is 0 Å². The van der Waals surface area contributed by atoms with E-state index >= 15 is 0 Å². The van der Waals surface area contributed by atoms with E-state index in [1.807, 2.05) is 18.2 Å². The fourth-order valence-corrected chi connectivity index (χ4v) is 2.95. The lowest BCUT2D eigenvalue weighted by molar-refractivity contribution is -0.136. The standard InChI is InChI=1S/C19H15BrO3/c20-18-10-7-14-3-1-2-4-16(14)17(18)12-23-15-8-5-13(6-9-15)11-19(21)22/h1-10H,11-12H2,(H,21,22). The second-order valence-corrected chi connectivity index (χ2v) is 6.10. The van der Waals surface area contributed by atoms with Crippen molar-refractivity contribution in [1.29, 1.82) is 0 Å². The van der Waals surface area contributed by atoms with Gasteiger partial charge in [-0.05, 0) is 34.5 Å². The van der Waals surface area contributed by atoms with Crippen LogP contribution in [0.5, 0.6) is 5.75 Å². The molecule has 0 aromatic heterocycles. The summed E-state index contributed by atoms with van der Waals surface area (Å²) in [6.07, 6.45) is 0.0230. The van der Waals surface area contributed by atoms with E-state index in [4.69, 9.17) is 9.84 Å². The SMILES string of the molecule is O=C(O)Cc1ccc(OCc2c(Br)ccc3ccccc23)cc1. The number of fused-ring (bicyclic) bond motifs is 1. The Balaban J connectivity index is 1.78. The van der Waals surface area contributed by atoms with Crippen molar-refractivity contribution in [2.24, 2.45) is 0 Å². The lowest BCUT2D eigenvalue weighted by Gasteiger charge is -2.11. The van der Waals surface area contributed by atoms with Crippen LogP contribution in [0.3, 0.4) is 0 Å². The maximum absolute atomic E-state index is 10.7. The van der Waals surface area contributed by atoms with Gasteiger partial charge in [0.2, 0.25) is 0 Å². The fourth-order valence-electron chi connectivity index (χ4n) is 2.49. The molecule has 4 heteroatoms. The highest BCUT2D eigenvalue weighted by atomic mass is 79.9. The molecule has 0 aliphatic rings. The molecule has 0 unspecified atom stereocenters. The van der Waals surface area contributed by atoms with Crippen molar-refractivity contribution < 1.29 is 14.6 Å². The first-order valence-electron chi connectivity index (χ1n) is 7.23. The van der Waals surface area contributed by atoms with Crippen LogP contribution in [0.4, 0.5) is 0 Å². The molecule has 0 saturated heterocycles. The van der Waals surface area contributed by atoms with Gasteiger partial charge >= 0.3 is 5.97 Å². The second-order valence-electron chi connectivity index (χ2n) is 5.25. The van der Waals surface area contributed by atoms with E-state index in [0.717, 1.165) is 26.7 Å². The molecule has 3 nitrogen and oxygen atoms in total. The molecule has 0 amide bonds. The first-order valence-corrected chi connectivity index (χ1v) is 8.02. The molecule has 23 heavy (non-hydrogen) atoms. The van der Waals surface area contributed by atoms with Crippen molar-refractivity contribution >= 4 is 32.7 Å². The monoisotopic (exact) mass is 370 g/mol. The van der Waals surface area contributed by atoms with Gasteiger partial charge in [0.25, 0.3) is 0 Å². The molecular formula is C19H15BrO3. The smallest absolute Gasteiger partial charge is 0.307 e. The van der Waals surface area contributed by atoms with E-state index in [9.17, 15) is 4.79 Å². The Labute approximate surface area is 142 Å². The van der Waals surface area contributed by atoms with Crippen LogP contribution in [-0.2, 0) is 17.8 Å². The van der Waals surface area contributed by atoms with Crippen molar-refractivity contribution in [3.8, 4) is 5.75 Å². The highest BCUT2D eigenvalue weighted by molar-refractivity contribution is 9.10. The van der Waals surface area contributed by atoms with E-state index < -0.39 is 5.97 Å². The van der Waals surface area contributed by atoms with Crippen LogP contribution in [0.2, 0.25) is 0 Å². The molecule has 0 bridgehead atoms. The van der Waals surface area contributed by atoms with Crippen LogP contribution >= 0.6 is 15.9 Å². The third kappa shape index (κ3) is 3.71. The maximum Gasteiger partial charge on any atom is 0.307 e. The van der Waals surface area contributed by atoms with Crippen LogP contribution in [0, 0.1) is 0 Å². The molecule has 0 radical (unpaired) electrons. The van der Waals surface area contributed by atoms with E-state index in [-0.39, 0.29) is 6.42 Å². The molecule has 0 spiro atoms. The van der Waals surface area contributed by atoms with Gasteiger partial charge < -0.3 is 9.84 Å². The summed E-state index contributed by atoms with van der Waals surface area (Å²) in [5, 5.41) is 11.1. The number of carboxylic acids is 1. The van der Waals surface area contributed by atoms with E-state index in [1.165, 1.54) is 5.39 Å². The summed E-state index contributed by atoms with van der Waals surface area (Å²) in [4.78, 5) is 10.7. The van der Waals surface area contributed by atoms with Crippen LogP contribution in [-0.4, -0.2) is 11.1 Å². The van der Waals surface area contributed by atoms with Gasteiger partial charge in [-0.2, -0.15) is 0 Å². The number of carbonyl (C=O) groups is 1. The number of halogens is 1. The summed E-state index contributed by atoms with van der Waals surface area (Å²) < 4.78 is 6.88. The van der Waals surface area contributed by atoms with Crippen molar-refractivity contribution in [1.82, 2.24) is 0 Å². The van der Waals surface area contributed by atoms with Gasteiger partial charge in [-0.1, -0.05) is 58.4 Å². The van der Waals surface area contributed by atoms with Crippen LogP contribution in [0.15, 0.2) is 65.1 Å². The summed E-state index contributed by atoms with van der Waals surface area (Å²) in [7, 11) is 0. The number of hydrogen-bond donors (Lipinski definition) is 1. The van der Waals surface area contributed by atoms with E-state index in [0.29, 0.717) is 6.61 Å². The van der Waals surface area contributed by atoms with Gasteiger partial charge in [0.05, 0.1) is 6.42 Å². The minimum atomic E-state index is -0.835. The van der Waals surface area contributed by atoms with Crippen molar-refractivity contribution in [2.45, 2.75) is 13.0 Å². The molecule has 1 N–H and O–H groups in total. The van der Waals surface area contributed by atoms with Crippen LogP contribution in [0.25, 0.3) is 10.8 Å². The Bertz CT molecular complexity index is 841. The molecular weight excluding hydrogens is 356 g/mol. The number of ether oxygens (including phenoxy) is 1. The number of hydrogen-bond acceptors (Lipinski definition) is 2. The quantitative estimate of drug-likeness (QED) is 0.700. The molecule has 0 heterocycles. The molecule has 3 aromatic carbocycles. The highest BCUT2D eigenvalue weighted by Gasteiger charge is 2.07. The Morgan fingerprint density at radius 1 is 1.00 bits per heavy atom. The predicted octanol–water partition coefficient (Wildman–Crippen LogP) is 4.81. The second kappa shape index (κ2) is 6.84. The zero-order valence-electron chi connectivity index (χ0n) is 12.3. The third-order valence-electron chi connectivity index (χ3n) is 3.65. The van der Waals surface area contributed by atoms with E-state index in [2.05, 4.69) is 34.1 Å². The molecule has 0 saturated carbocycles. The van der Waals surface area contributed by atoms with Gasteiger partial charge in [0.1, 0.15) is 12.4 Å². The van der Waals surface area contributed by atoms with Gasteiger partial charge in [-0.25, -0.2) is 0 Å². The molecule has 0 fully saturated rings. The zero-order valence-corrected chi connectivity index (χ0v) is 13.9. The predicted molar refractivity (Wildman–Crippen MR) is 93.8 cm³/mol. The fraction of sp³-hybridized carbons (Fsp3) is 0.105. The summed E-state index contributed by atoms with van der Waals surface area (Å²) in [6, 6.07) is 19.4. The Morgan fingerprint density at radius 3 is 2.48 bits per heavy atom. The summed E-state index contributed by atoms with van der Waals surface area (Å²) in [5.41, 5.74) is 1.86. The molecule has 3 aromatic rings. The van der Waals surface area contributed by atoms with Crippen molar-refractivity contribution in [3.63, 3.8) is 0 Å². The van der Waals surface area contributed by atoms with Crippen molar-refractivity contribution in [3.05, 3.63) is 76.3 Å². The minimum absolute atomic E-state index is 0.0230. The summed E-state index contributed by atoms with van der Waals surface area (Å²) in [5.74, 6) is -0.114. The van der Waals surface area contributed by atoms with Gasteiger partial charge in [-0.3, -0.25) is 4.79 Å². The average molecular weight is 371 g/mol. The van der Waals surface area contributed by atoms with Crippen LogP contribution < -0.4 is 4.74 Å². The van der Waals surface area contributed by atoms with Gasteiger partial charge in [0.15, 0.2) is 0 Å². The number of rotatable bonds is 5. The molecule has 0 atom stereocenters. The average Bonchev–Trinajstić information content (AvgIpc) is 2.55. The zero-order chi connectivity index (χ0) is 16.2. The Hall–Kier alpha value is -2.33. The normalized spacial score (nSPS) is 10.7. The van der Waals surface area contributed by atoms with Gasteiger partial charge in [-0.15, -0.1) is 0 Å². The molecule has 3 rings (SSSR count). The largest absolute Gasteiger partial charge is 0.489 e. The molecule has 0 aliphatic carbocycles. The van der Waals surface area contributed by atoms with Gasteiger partial charge in [0, 0.05) is 10.0 Å². The summed E-state index contributed by atoms with van der Waals surface area (Å²) in [6.45, 7) is 0.445. The highest BCUT2D eigenvalue weighted by Crippen LogP contribution is 2.27. The molecule has 116 valence electrons. The Kier molecular flexibility index (Phi) is 4.63. The third-order valence-corrected chi connectivity index (χ3v) is 4.39. The molecule has 0 aliphatic heterocycles. The summed E-state index contributed by atoms with van der Waals surface area (Å²) >= 11 is 3.58. The minimum Gasteiger partial charge on any atom is -0.489 e. The topological polar surface area (TPSA) is 46.5 Å². The first kappa shape index (κ1) is 15.6. The van der Waals surface area contributed by atoms with E-state index in [1.54, 1.807) is 24.3 Å². The first-order chi connectivity index (χ1) is 11.1. The van der Waals surface area contributed by atoms with Crippen LogP contribution in [0.1, 0.15) is 11.1 Å². The number of carboxylic acid groups (broad SMARTS) is 1. The lowest BCUT2D eigenvalue weighted by Crippen LogP contribution is -2.00. The Morgan fingerprint density at radius 2 is 1.74 bits per heavy atom. The maximum atomic E-state index is 10.7. The lowest BCUT2D eigenvalue weighted by atomic mass is 10.1. The number of aliphatic carboxylic acids is 1. The number of benzene rings is 3.